The molecule has 2 unspecified atom stereocenters. The van der Waals surface area contributed by atoms with Crippen molar-refractivity contribution in [3.8, 4) is 0 Å². The normalized spacial score (nSPS) is 19.6. The summed E-state index contributed by atoms with van der Waals surface area (Å²) < 4.78 is 6.71. The largest absolute Gasteiger partial charge is 0.462 e. The second-order valence-electron chi connectivity index (χ2n) is 4.83. The average Bonchev–Trinajstić information content (AvgIpc) is 2.46. The molecule has 3 rings (SSSR count). The molecule has 1 radical (unpaired) electrons. The Morgan fingerprint density at radius 1 is 1.50 bits per heavy atom. The number of thioether (sulfide) groups is 1. The van der Waals surface area contributed by atoms with Gasteiger partial charge in [0, 0.05) is 38.9 Å². The van der Waals surface area contributed by atoms with Crippen LogP contribution < -0.4 is 5.43 Å². The number of hydrogen-bond acceptors (Lipinski definition) is 5. The molecule has 0 spiro atoms. The van der Waals surface area contributed by atoms with Crippen LogP contribution in [0, 0.1) is 6.07 Å². The molecule has 1 aromatic heterocycles. The number of esters is 1. The number of rotatable bonds is 2. The minimum atomic E-state index is -0.644. The second kappa shape index (κ2) is 6.83. The molecule has 1 aliphatic rings. The summed E-state index contributed by atoms with van der Waals surface area (Å²) in [5, 5.41) is 10.5. The van der Waals surface area contributed by atoms with Crippen molar-refractivity contribution in [2.24, 2.45) is 0 Å². The summed E-state index contributed by atoms with van der Waals surface area (Å²) in [7, 11) is 0. The van der Waals surface area contributed by atoms with Gasteiger partial charge in [-0.05, 0) is 19.4 Å². The molecule has 0 saturated carbocycles. The fourth-order valence-corrected chi connectivity index (χ4v) is 3.50. The molecule has 2 heterocycles. The average molecular weight is 393 g/mol. The summed E-state index contributed by atoms with van der Waals surface area (Å²) in [4.78, 5) is 25.2. The molecule has 7 heteroatoms. The third kappa shape index (κ3) is 2.78. The van der Waals surface area contributed by atoms with E-state index in [0.717, 1.165) is 10.4 Å². The molecular weight excluding hydrogens is 379 g/mol. The van der Waals surface area contributed by atoms with Crippen LogP contribution in [-0.2, 0) is 37.4 Å². The van der Waals surface area contributed by atoms with E-state index >= 15 is 0 Å². The van der Waals surface area contributed by atoms with Crippen molar-refractivity contribution >= 4 is 28.6 Å². The van der Waals surface area contributed by atoms with Crippen molar-refractivity contribution in [1.82, 2.24) is 4.57 Å². The molecule has 1 aliphatic heterocycles. The zero-order valence-electron chi connectivity index (χ0n) is 12.2. The van der Waals surface area contributed by atoms with Gasteiger partial charge in [0.1, 0.15) is 16.4 Å². The van der Waals surface area contributed by atoms with Gasteiger partial charge in [0.15, 0.2) is 0 Å². The Hall–Kier alpha value is -0.686. The van der Waals surface area contributed by atoms with Gasteiger partial charge < -0.3 is 19.2 Å². The van der Waals surface area contributed by atoms with E-state index in [-0.39, 0.29) is 56.4 Å². The van der Waals surface area contributed by atoms with Crippen LogP contribution in [0.4, 0.5) is 0 Å². The number of pyridine rings is 1. The van der Waals surface area contributed by atoms with E-state index in [0.29, 0.717) is 5.39 Å². The van der Waals surface area contributed by atoms with Gasteiger partial charge in [-0.3, -0.25) is 0 Å². The van der Waals surface area contributed by atoms with Gasteiger partial charge in [0.2, 0.25) is 0 Å². The smallest absolute Gasteiger partial charge is 0.342 e. The first kappa shape index (κ1) is 17.7. The maximum Gasteiger partial charge on any atom is 0.342 e. The van der Waals surface area contributed by atoms with E-state index in [2.05, 4.69) is 6.07 Å². The topological polar surface area (TPSA) is 68.5 Å². The van der Waals surface area contributed by atoms with Crippen molar-refractivity contribution in [1.29, 1.82) is 0 Å². The van der Waals surface area contributed by atoms with Crippen LogP contribution in [0.5, 0.6) is 0 Å². The number of nitrogens with zero attached hydrogens (tertiary/aromatic N) is 1. The Labute approximate surface area is 156 Å². The zero-order chi connectivity index (χ0) is 15.1. The first-order valence-corrected chi connectivity index (χ1v) is 7.53. The maximum absolute atomic E-state index is 12.5. The Bertz CT molecular complexity index is 789. The van der Waals surface area contributed by atoms with Gasteiger partial charge in [-0.25, -0.2) is 4.79 Å². The third-order valence-corrected chi connectivity index (χ3v) is 4.74. The summed E-state index contributed by atoms with van der Waals surface area (Å²) >= 11 is 1.29. The number of carbonyl (C=O) groups is 1. The Balaban J connectivity index is 0.00000176. The van der Waals surface area contributed by atoms with Gasteiger partial charge in [0.25, 0.3) is 0 Å². The Morgan fingerprint density at radius 3 is 2.91 bits per heavy atom. The molecule has 2 aromatic rings. The molecule has 0 saturated heterocycles. The first-order valence-electron chi connectivity index (χ1n) is 6.65. The maximum atomic E-state index is 12.5. The summed E-state index contributed by atoms with van der Waals surface area (Å²) in [6, 6.07) is 5.96. The van der Waals surface area contributed by atoms with Crippen LogP contribution in [0.3, 0.4) is 0 Å². The van der Waals surface area contributed by atoms with E-state index in [1.165, 1.54) is 18.0 Å². The minimum Gasteiger partial charge on any atom is -0.462 e. The molecule has 1 aromatic carbocycles. The van der Waals surface area contributed by atoms with Gasteiger partial charge >= 0.3 is 5.97 Å². The standard InChI is InChI=1S/C15H14NO4S.Y/c1-3-20-14(18)10-7-16-8(2)15(19)21-11-6-4-5-9(12(11)16)13(10)17;/h5-8,15,19H,3H2,1-2H3;/q-1;. The van der Waals surface area contributed by atoms with E-state index < -0.39 is 11.4 Å². The van der Waals surface area contributed by atoms with Gasteiger partial charge in [-0.15, -0.1) is 0 Å². The molecule has 1 N–H and O–H groups in total. The fourth-order valence-electron chi connectivity index (χ4n) is 2.45. The number of aliphatic hydroxyl groups is 1. The van der Waals surface area contributed by atoms with Crippen molar-refractivity contribution in [3.63, 3.8) is 0 Å². The predicted octanol–water partition coefficient (Wildman–Crippen LogP) is 1.96. The predicted molar refractivity (Wildman–Crippen MR) is 79.6 cm³/mol. The van der Waals surface area contributed by atoms with Crippen LogP contribution in [-0.4, -0.2) is 27.7 Å². The van der Waals surface area contributed by atoms with Crippen LogP contribution in [0.15, 0.2) is 28.0 Å². The first-order chi connectivity index (χ1) is 10.0. The summed E-state index contributed by atoms with van der Waals surface area (Å²) in [5.74, 6) is -0.640. The Kier molecular flexibility index (Phi) is 5.48. The zero-order valence-corrected chi connectivity index (χ0v) is 15.9. The van der Waals surface area contributed by atoms with Crippen LogP contribution in [0.2, 0.25) is 0 Å². The van der Waals surface area contributed by atoms with Crippen molar-refractivity contribution < 1.29 is 47.3 Å². The molecule has 22 heavy (non-hydrogen) atoms. The SMILES string of the molecule is CCOC(=O)c1cn2c3c(c[c-]cc3c1=O)SC(O)C2C.[Y]. The molecule has 0 aliphatic carbocycles. The number of ether oxygens (including phenoxy) is 1. The number of hydrogen-bond donors (Lipinski definition) is 1. The van der Waals surface area contributed by atoms with Crippen LogP contribution in [0.25, 0.3) is 10.9 Å². The number of aliphatic hydroxyl groups excluding tert-OH is 1. The summed E-state index contributed by atoms with van der Waals surface area (Å²) in [6.07, 6.45) is 1.49. The molecule has 2 atom stereocenters. The van der Waals surface area contributed by atoms with Crippen molar-refractivity contribution in [2.45, 2.75) is 30.2 Å². The molecule has 0 fully saturated rings. The molecular formula is C15H14NO4SY-. The summed E-state index contributed by atoms with van der Waals surface area (Å²) in [5.41, 5.74) is -0.286. The van der Waals surface area contributed by atoms with Crippen LogP contribution in [0.1, 0.15) is 30.2 Å². The van der Waals surface area contributed by atoms with Crippen molar-refractivity contribution in [3.05, 3.63) is 40.2 Å². The number of aromatic nitrogens is 1. The van der Waals surface area contributed by atoms with E-state index in [1.54, 1.807) is 23.6 Å². The Morgan fingerprint density at radius 2 is 2.23 bits per heavy atom. The molecule has 0 amide bonds. The summed E-state index contributed by atoms with van der Waals surface area (Å²) in [6.45, 7) is 3.74. The molecule has 0 bridgehead atoms. The molecule has 113 valence electrons. The minimum absolute atomic E-state index is 0. The third-order valence-electron chi connectivity index (χ3n) is 3.54. The van der Waals surface area contributed by atoms with Gasteiger partial charge in [0.05, 0.1) is 12.6 Å². The monoisotopic (exact) mass is 393 g/mol. The van der Waals surface area contributed by atoms with E-state index in [4.69, 9.17) is 4.74 Å². The fraction of sp³-hybridized carbons (Fsp3) is 0.333. The number of benzene rings is 1. The molecule has 5 nitrogen and oxygen atoms in total. The van der Waals surface area contributed by atoms with Crippen LogP contribution >= 0.6 is 11.8 Å². The van der Waals surface area contributed by atoms with Gasteiger partial charge in [-0.2, -0.15) is 30.0 Å². The van der Waals surface area contributed by atoms with E-state index in [9.17, 15) is 14.7 Å². The number of carbonyl (C=O) groups excluding carboxylic acids is 1. The second-order valence-corrected chi connectivity index (χ2v) is 5.99. The van der Waals surface area contributed by atoms with Crippen molar-refractivity contribution in [2.75, 3.05) is 6.61 Å². The van der Waals surface area contributed by atoms with Gasteiger partial charge in [-0.1, -0.05) is 10.3 Å². The van der Waals surface area contributed by atoms with E-state index in [1.807, 2.05) is 6.92 Å². The quantitative estimate of drug-likeness (QED) is 0.624.